The van der Waals surface area contributed by atoms with Crippen molar-refractivity contribution in [1.82, 2.24) is 0 Å². The van der Waals surface area contributed by atoms with Gasteiger partial charge in [0.1, 0.15) is 6.61 Å². The highest BCUT2D eigenvalue weighted by Gasteiger charge is 2.22. The molecule has 0 spiro atoms. The summed E-state index contributed by atoms with van der Waals surface area (Å²) in [6.45, 7) is 4.39. The molecular weight excluding hydrogens is 176 g/mol. The zero-order valence-corrected chi connectivity index (χ0v) is 8.33. The van der Waals surface area contributed by atoms with Gasteiger partial charge in [-0.25, -0.2) is 4.79 Å². The first-order valence-corrected chi connectivity index (χ1v) is 4.62. The molecule has 0 bridgehead atoms. The van der Waals surface area contributed by atoms with Crippen molar-refractivity contribution in [3.63, 3.8) is 0 Å². The molecule has 1 aliphatic rings. The normalized spacial score (nSPS) is 16.0. The monoisotopic (exact) mass is 188 g/mol. The first kappa shape index (κ1) is 9.00. The van der Waals surface area contributed by atoms with E-state index in [1.165, 1.54) is 5.56 Å². The van der Waals surface area contributed by atoms with Gasteiger partial charge in [-0.3, -0.25) is 0 Å². The van der Waals surface area contributed by atoms with E-state index in [4.69, 9.17) is 4.74 Å². The van der Waals surface area contributed by atoms with Gasteiger partial charge in [0, 0.05) is 0 Å². The van der Waals surface area contributed by atoms with Gasteiger partial charge in [-0.05, 0) is 25.0 Å². The summed E-state index contributed by atoms with van der Waals surface area (Å²) in [5, 5.41) is 0. The van der Waals surface area contributed by atoms with Gasteiger partial charge in [-0.1, -0.05) is 29.8 Å². The Morgan fingerprint density at radius 2 is 1.79 bits per heavy atom. The molecule has 2 rings (SSSR count). The summed E-state index contributed by atoms with van der Waals surface area (Å²) in [6, 6.07) is 7.92. The summed E-state index contributed by atoms with van der Waals surface area (Å²) in [5.41, 5.74) is 3.89. The van der Waals surface area contributed by atoms with Gasteiger partial charge in [-0.2, -0.15) is 0 Å². The van der Waals surface area contributed by atoms with Crippen LogP contribution in [0.5, 0.6) is 0 Å². The molecule has 1 aliphatic heterocycles. The minimum atomic E-state index is -0.202. The maximum atomic E-state index is 11.4. The molecule has 14 heavy (non-hydrogen) atoms. The zero-order valence-electron chi connectivity index (χ0n) is 8.33. The van der Waals surface area contributed by atoms with E-state index >= 15 is 0 Å². The molecule has 2 nitrogen and oxygen atoms in total. The number of cyclic esters (lactones) is 1. The summed E-state index contributed by atoms with van der Waals surface area (Å²) < 4.78 is 4.95. The van der Waals surface area contributed by atoms with Crippen molar-refractivity contribution in [1.29, 1.82) is 0 Å². The molecule has 0 fully saturated rings. The molecule has 2 heteroatoms. The van der Waals surface area contributed by atoms with Gasteiger partial charge in [0.05, 0.1) is 5.57 Å². The van der Waals surface area contributed by atoms with E-state index in [-0.39, 0.29) is 5.97 Å². The van der Waals surface area contributed by atoms with Crippen LogP contribution < -0.4 is 0 Å². The fourth-order valence-electron chi connectivity index (χ4n) is 1.58. The van der Waals surface area contributed by atoms with Gasteiger partial charge >= 0.3 is 5.97 Å². The van der Waals surface area contributed by atoms with Crippen LogP contribution in [-0.2, 0) is 9.53 Å². The quantitative estimate of drug-likeness (QED) is 0.632. The van der Waals surface area contributed by atoms with E-state index in [1.54, 1.807) is 0 Å². The van der Waals surface area contributed by atoms with Crippen molar-refractivity contribution < 1.29 is 9.53 Å². The number of hydrogen-bond acceptors (Lipinski definition) is 2. The van der Waals surface area contributed by atoms with Crippen molar-refractivity contribution in [3.05, 3.63) is 41.0 Å². The molecule has 1 heterocycles. The molecule has 1 aromatic carbocycles. The average molecular weight is 188 g/mol. The number of aryl methyl sites for hydroxylation is 1. The topological polar surface area (TPSA) is 26.3 Å². The highest BCUT2D eigenvalue weighted by Crippen LogP contribution is 2.25. The van der Waals surface area contributed by atoms with E-state index in [0.717, 1.165) is 16.7 Å². The fourth-order valence-corrected chi connectivity index (χ4v) is 1.58. The van der Waals surface area contributed by atoms with Gasteiger partial charge in [0.2, 0.25) is 0 Å². The number of carbonyl (C=O) groups excluding carboxylic acids is 1. The first-order chi connectivity index (χ1) is 6.68. The second kappa shape index (κ2) is 3.29. The van der Waals surface area contributed by atoms with Crippen LogP contribution in [0, 0.1) is 6.92 Å². The van der Waals surface area contributed by atoms with Gasteiger partial charge < -0.3 is 4.74 Å². The Balaban J connectivity index is 2.44. The molecule has 0 N–H and O–H groups in total. The lowest BCUT2D eigenvalue weighted by atomic mass is 10.0. The molecular formula is C12H12O2. The van der Waals surface area contributed by atoms with Crippen molar-refractivity contribution in [3.8, 4) is 0 Å². The molecule has 0 radical (unpaired) electrons. The standard InChI is InChI=1S/C12H12O2/c1-8-3-5-10(6-4-8)11-9(2)7-14-12(11)13/h3-6H,7H2,1-2H3. The molecule has 72 valence electrons. The first-order valence-electron chi connectivity index (χ1n) is 4.62. The van der Waals surface area contributed by atoms with Crippen molar-refractivity contribution in [2.45, 2.75) is 13.8 Å². The third kappa shape index (κ3) is 1.43. The average Bonchev–Trinajstić information content (AvgIpc) is 2.49. The molecule has 0 unspecified atom stereocenters. The van der Waals surface area contributed by atoms with E-state index in [1.807, 2.05) is 38.1 Å². The Kier molecular flexibility index (Phi) is 2.12. The Morgan fingerprint density at radius 3 is 2.29 bits per heavy atom. The number of hydrogen-bond donors (Lipinski definition) is 0. The van der Waals surface area contributed by atoms with Crippen LogP contribution in [0.3, 0.4) is 0 Å². The lowest BCUT2D eigenvalue weighted by Crippen LogP contribution is -1.98. The van der Waals surface area contributed by atoms with Crippen molar-refractivity contribution >= 4 is 11.5 Å². The van der Waals surface area contributed by atoms with E-state index < -0.39 is 0 Å². The third-order valence-electron chi connectivity index (χ3n) is 2.39. The lowest BCUT2D eigenvalue weighted by molar-refractivity contribution is -0.134. The molecule has 1 aromatic rings. The molecule has 0 atom stereocenters. The summed E-state index contributed by atoms with van der Waals surface area (Å²) in [5.74, 6) is -0.202. The van der Waals surface area contributed by atoms with Crippen LogP contribution in [-0.4, -0.2) is 12.6 Å². The van der Waals surface area contributed by atoms with Crippen LogP contribution in [0.4, 0.5) is 0 Å². The smallest absolute Gasteiger partial charge is 0.339 e. The number of ether oxygens (including phenoxy) is 1. The van der Waals surface area contributed by atoms with E-state index in [0.29, 0.717) is 6.61 Å². The number of esters is 1. The summed E-state index contributed by atoms with van der Waals surface area (Å²) in [6.07, 6.45) is 0. The highest BCUT2D eigenvalue weighted by molar-refractivity contribution is 6.19. The predicted molar refractivity (Wildman–Crippen MR) is 54.7 cm³/mol. The van der Waals surface area contributed by atoms with Crippen LogP contribution in [0.25, 0.3) is 5.57 Å². The Labute approximate surface area is 83.2 Å². The minimum Gasteiger partial charge on any atom is -0.458 e. The zero-order chi connectivity index (χ0) is 10.1. The number of rotatable bonds is 1. The maximum Gasteiger partial charge on any atom is 0.339 e. The van der Waals surface area contributed by atoms with Crippen LogP contribution in [0.15, 0.2) is 29.8 Å². The highest BCUT2D eigenvalue weighted by atomic mass is 16.5. The van der Waals surface area contributed by atoms with Crippen LogP contribution >= 0.6 is 0 Å². The second-order valence-corrected chi connectivity index (χ2v) is 3.60. The molecule has 0 aromatic heterocycles. The summed E-state index contributed by atoms with van der Waals surface area (Å²) in [4.78, 5) is 11.4. The molecule has 0 aliphatic carbocycles. The molecule has 0 saturated heterocycles. The SMILES string of the molecule is CC1=C(c2ccc(C)cc2)C(=O)OC1. The Morgan fingerprint density at radius 1 is 1.14 bits per heavy atom. The van der Waals surface area contributed by atoms with Gasteiger partial charge in [0.25, 0.3) is 0 Å². The minimum absolute atomic E-state index is 0.202. The van der Waals surface area contributed by atoms with Crippen molar-refractivity contribution in [2.75, 3.05) is 6.61 Å². The summed E-state index contributed by atoms with van der Waals surface area (Å²) in [7, 11) is 0. The van der Waals surface area contributed by atoms with E-state index in [9.17, 15) is 4.79 Å². The maximum absolute atomic E-state index is 11.4. The lowest BCUT2D eigenvalue weighted by Gasteiger charge is -2.00. The van der Waals surface area contributed by atoms with E-state index in [2.05, 4.69) is 0 Å². The second-order valence-electron chi connectivity index (χ2n) is 3.60. The largest absolute Gasteiger partial charge is 0.458 e. The predicted octanol–water partition coefficient (Wildman–Crippen LogP) is 2.33. The van der Waals surface area contributed by atoms with Gasteiger partial charge in [0.15, 0.2) is 0 Å². The Hall–Kier alpha value is -1.57. The van der Waals surface area contributed by atoms with Crippen LogP contribution in [0.2, 0.25) is 0 Å². The third-order valence-corrected chi connectivity index (χ3v) is 2.39. The van der Waals surface area contributed by atoms with Crippen molar-refractivity contribution in [2.24, 2.45) is 0 Å². The fraction of sp³-hybridized carbons (Fsp3) is 0.250. The summed E-state index contributed by atoms with van der Waals surface area (Å²) >= 11 is 0. The van der Waals surface area contributed by atoms with Crippen LogP contribution in [0.1, 0.15) is 18.1 Å². The van der Waals surface area contributed by atoms with Gasteiger partial charge in [-0.15, -0.1) is 0 Å². The number of benzene rings is 1. The molecule has 0 saturated carbocycles. The number of carbonyl (C=O) groups is 1. The Bertz CT molecular complexity index is 399. The molecule has 0 amide bonds.